The molecule has 3 aromatic rings. The Hall–Kier alpha value is -2.98. The van der Waals surface area contributed by atoms with Crippen LogP contribution >= 0.6 is 0 Å². The third-order valence-corrected chi connectivity index (χ3v) is 3.11. The highest BCUT2D eigenvalue weighted by Crippen LogP contribution is 2.23. The number of anilines is 2. The first-order valence-corrected chi connectivity index (χ1v) is 6.90. The Balaban J connectivity index is 2.00. The molecule has 0 aliphatic carbocycles. The zero-order valence-corrected chi connectivity index (χ0v) is 11.6. The van der Waals surface area contributed by atoms with Gasteiger partial charge in [0.25, 0.3) is 0 Å². The molecule has 3 rings (SSSR count). The molecule has 0 aromatic heterocycles. The maximum atomic E-state index is 3.25. The number of hydrogen-bond acceptors (Lipinski definition) is 1. The number of para-hydroxylation sites is 2. The van der Waals surface area contributed by atoms with Gasteiger partial charge in [-0.05, 0) is 42.3 Å². The monoisotopic (exact) mass is 269 g/mol. The molecule has 0 N–H and O–H groups in total. The third kappa shape index (κ3) is 3.32. The van der Waals surface area contributed by atoms with Gasteiger partial charge in [-0.1, -0.05) is 54.6 Å². The van der Waals surface area contributed by atoms with E-state index in [9.17, 15) is 0 Å². The minimum absolute atomic E-state index is 1.01. The molecule has 0 amide bonds. The summed E-state index contributed by atoms with van der Waals surface area (Å²) in [5, 5.41) is 0. The Morgan fingerprint density at radius 1 is 0.524 bits per heavy atom. The van der Waals surface area contributed by atoms with E-state index in [1.807, 2.05) is 71.6 Å². The van der Waals surface area contributed by atoms with Crippen LogP contribution in [-0.4, -0.2) is 0 Å². The van der Waals surface area contributed by atoms with Crippen LogP contribution in [-0.2, 0) is 0 Å². The zero-order chi connectivity index (χ0) is 14.3. The van der Waals surface area contributed by atoms with Gasteiger partial charge in [-0.15, -0.1) is 0 Å². The van der Waals surface area contributed by atoms with Gasteiger partial charge in [-0.2, -0.15) is 0 Å². The van der Waals surface area contributed by atoms with Crippen molar-refractivity contribution in [2.75, 3.05) is 4.90 Å². The Labute approximate surface area is 125 Å². The van der Waals surface area contributed by atoms with Crippen LogP contribution in [0.1, 0.15) is 5.56 Å². The lowest BCUT2D eigenvalue weighted by molar-refractivity contribution is 1.33. The summed E-state index contributed by atoms with van der Waals surface area (Å²) in [5.41, 5.74) is 3.13. The van der Waals surface area contributed by atoms with E-state index in [-0.39, 0.29) is 0 Å². The van der Waals surface area contributed by atoms with Gasteiger partial charge in [0.15, 0.2) is 0 Å². The molecule has 1 nitrogen and oxygen atoms in total. The second kappa shape index (κ2) is 6.45. The molecule has 0 spiro atoms. The second-order valence-electron chi connectivity index (χ2n) is 4.61. The number of nitrogens with zero attached hydrogens (tertiary/aromatic N) is 1. The van der Waals surface area contributed by atoms with Gasteiger partial charge >= 0.3 is 0 Å². The molecule has 0 aliphatic rings. The summed E-state index contributed by atoms with van der Waals surface area (Å²) in [6.07, 6.45) is 0. The average molecular weight is 269 g/mol. The zero-order valence-electron chi connectivity index (χ0n) is 11.6. The quantitative estimate of drug-likeness (QED) is 0.475. The molecule has 0 atom stereocenters. The fraction of sp³-hybridized carbons (Fsp3) is 0. The molecular weight excluding hydrogens is 254 g/mol. The van der Waals surface area contributed by atoms with E-state index < -0.39 is 0 Å². The fourth-order valence-corrected chi connectivity index (χ4v) is 2.07. The number of benzene rings is 3. The van der Waals surface area contributed by atoms with E-state index >= 15 is 0 Å². The van der Waals surface area contributed by atoms with Crippen molar-refractivity contribution in [3.05, 3.63) is 96.6 Å². The van der Waals surface area contributed by atoms with Gasteiger partial charge < -0.3 is 0 Å². The molecule has 0 saturated carbocycles. The van der Waals surface area contributed by atoms with Crippen LogP contribution in [0.3, 0.4) is 0 Å². The Bertz CT molecular complexity index is 698. The van der Waals surface area contributed by atoms with Crippen LogP contribution in [0.4, 0.5) is 11.4 Å². The molecule has 0 fully saturated rings. The van der Waals surface area contributed by atoms with Crippen LogP contribution in [0.15, 0.2) is 91.0 Å². The van der Waals surface area contributed by atoms with Crippen LogP contribution in [0.5, 0.6) is 0 Å². The molecule has 0 unspecified atom stereocenters. The predicted molar refractivity (Wildman–Crippen MR) is 88.3 cm³/mol. The van der Waals surface area contributed by atoms with Gasteiger partial charge in [0.2, 0.25) is 0 Å². The van der Waals surface area contributed by atoms with Crippen molar-refractivity contribution in [1.29, 1.82) is 0 Å². The predicted octanol–water partition coefficient (Wildman–Crippen LogP) is 4.83. The first kappa shape index (κ1) is 13.0. The summed E-state index contributed by atoms with van der Waals surface area (Å²) in [5.74, 6) is 3.22. The van der Waals surface area contributed by atoms with Crippen molar-refractivity contribution >= 4 is 11.4 Å². The Morgan fingerprint density at radius 2 is 0.952 bits per heavy atom. The molecule has 0 bridgehead atoms. The summed E-state index contributed by atoms with van der Waals surface area (Å²) in [6.45, 7) is 0. The first-order valence-electron chi connectivity index (χ1n) is 6.90. The minimum atomic E-state index is 1.01. The van der Waals surface area contributed by atoms with Crippen LogP contribution in [0, 0.1) is 12.0 Å². The topological polar surface area (TPSA) is 3.24 Å². The Kier molecular flexibility index (Phi) is 4.00. The van der Waals surface area contributed by atoms with E-state index in [0.29, 0.717) is 0 Å². The van der Waals surface area contributed by atoms with Gasteiger partial charge in [0.05, 0.1) is 11.4 Å². The highest BCUT2D eigenvalue weighted by molar-refractivity contribution is 5.68. The van der Waals surface area contributed by atoms with Crippen LogP contribution in [0.2, 0.25) is 0 Å². The first-order chi connectivity index (χ1) is 10.4. The van der Waals surface area contributed by atoms with Crippen molar-refractivity contribution in [1.82, 2.24) is 0 Å². The molecule has 3 aromatic carbocycles. The highest BCUT2D eigenvalue weighted by Gasteiger charge is 2.05. The maximum absolute atomic E-state index is 3.25. The van der Waals surface area contributed by atoms with Crippen LogP contribution in [0.25, 0.3) is 0 Å². The average Bonchev–Trinajstić information content (AvgIpc) is 2.58. The third-order valence-electron chi connectivity index (χ3n) is 3.11. The molecule has 0 saturated heterocycles. The lowest BCUT2D eigenvalue weighted by atomic mass is 10.2. The molecule has 100 valence electrons. The van der Waals surface area contributed by atoms with E-state index in [4.69, 9.17) is 0 Å². The van der Waals surface area contributed by atoms with E-state index in [2.05, 4.69) is 36.2 Å². The lowest BCUT2D eigenvalue weighted by Crippen LogP contribution is -2.08. The smallest absolute Gasteiger partial charge is 0.0545 e. The second-order valence-corrected chi connectivity index (χ2v) is 4.61. The van der Waals surface area contributed by atoms with Gasteiger partial charge in [-0.3, -0.25) is 4.90 Å². The highest BCUT2D eigenvalue weighted by atomic mass is 15.1. The van der Waals surface area contributed by atoms with Crippen molar-refractivity contribution < 1.29 is 0 Å². The molecule has 1 heteroatoms. The molecular formula is C20H15N. The van der Waals surface area contributed by atoms with Gasteiger partial charge in [-0.25, -0.2) is 0 Å². The molecule has 21 heavy (non-hydrogen) atoms. The summed E-state index contributed by atoms with van der Waals surface area (Å²) in [4.78, 5) is 2.01. The van der Waals surface area contributed by atoms with Crippen molar-refractivity contribution in [2.45, 2.75) is 0 Å². The van der Waals surface area contributed by atoms with Crippen molar-refractivity contribution in [3.63, 3.8) is 0 Å². The summed E-state index contributed by atoms with van der Waals surface area (Å²) in [6, 6.07) is 33.6. The molecule has 0 aliphatic heterocycles. The summed E-state index contributed by atoms with van der Waals surface area (Å²) < 4.78 is 0. The summed E-state index contributed by atoms with van der Waals surface area (Å²) >= 11 is 0. The van der Waals surface area contributed by atoms with Crippen molar-refractivity contribution in [3.8, 4) is 12.0 Å². The van der Waals surface area contributed by atoms with E-state index in [0.717, 1.165) is 16.9 Å². The van der Waals surface area contributed by atoms with Gasteiger partial charge in [0.1, 0.15) is 0 Å². The largest absolute Gasteiger partial charge is 0.270 e. The molecule has 0 heterocycles. The normalized spacial score (nSPS) is 9.52. The minimum Gasteiger partial charge on any atom is -0.270 e. The standard InChI is InChI=1S/C20H15N/c1-4-10-18(11-5-1)16-17-21(19-12-6-2-7-13-19)20-14-8-3-9-15-20/h1-15H. The Morgan fingerprint density at radius 3 is 1.43 bits per heavy atom. The van der Waals surface area contributed by atoms with Gasteiger partial charge in [0, 0.05) is 11.6 Å². The molecule has 0 radical (unpaired) electrons. The SMILES string of the molecule is C(#CN(c1ccccc1)c1ccccc1)c1ccccc1. The maximum Gasteiger partial charge on any atom is 0.0545 e. The van der Waals surface area contributed by atoms with Crippen LogP contribution < -0.4 is 4.90 Å². The van der Waals surface area contributed by atoms with E-state index in [1.165, 1.54) is 0 Å². The fourth-order valence-electron chi connectivity index (χ4n) is 2.07. The number of hydrogen-bond donors (Lipinski definition) is 0. The van der Waals surface area contributed by atoms with E-state index in [1.54, 1.807) is 0 Å². The summed E-state index contributed by atoms with van der Waals surface area (Å²) in [7, 11) is 0. The van der Waals surface area contributed by atoms with Crippen molar-refractivity contribution in [2.24, 2.45) is 0 Å². The number of rotatable bonds is 2. The lowest BCUT2D eigenvalue weighted by Gasteiger charge is -2.17.